The number of halogens is 3. The molecule has 1 aromatic heterocycles. The molecule has 0 spiro atoms. The van der Waals surface area contributed by atoms with Gasteiger partial charge >= 0.3 is 6.18 Å². The van der Waals surface area contributed by atoms with Crippen LogP contribution < -0.4 is 14.8 Å². The van der Waals surface area contributed by atoms with Gasteiger partial charge in [-0.3, -0.25) is 0 Å². The van der Waals surface area contributed by atoms with Gasteiger partial charge < -0.3 is 14.8 Å². The van der Waals surface area contributed by atoms with Gasteiger partial charge in [-0.15, -0.1) is 11.3 Å². The Labute approximate surface area is 167 Å². The first-order valence-corrected chi connectivity index (χ1v) is 9.22. The largest absolute Gasteiger partial charge is 0.454 e. The van der Waals surface area contributed by atoms with E-state index < -0.39 is 11.7 Å². The highest BCUT2D eigenvalue weighted by atomic mass is 32.1. The van der Waals surface area contributed by atoms with Crippen LogP contribution in [0, 0.1) is 11.3 Å². The molecule has 1 aliphatic rings. The smallest absolute Gasteiger partial charge is 0.416 e. The number of ether oxygens (including phenoxy) is 2. The van der Waals surface area contributed by atoms with Crippen molar-refractivity contribution < 1.29 is 22.6 Å². The second kappa shape index (κ2) is 7.48. The van der Waals surface area contributed by atoms with Crippen LogP contribution in [0.2, 0.25) is 0 Å². The molecule has 0 atom stereocenters. The Kier molecular flexibility index (Phi) is 4.86. The molecule has 29 heavy (non-hydrogen) atoms. The first kappa shape index (κ1) is 18.8. The third-order valence-corrected chi connectivity index (χ3v) is 4.97. The lowest BCUT2D eigenvalue weighted by Crippen LogP contribution is -2.05. The molecule has 3 aromatic rings. The normalized spacial score (nSPS) is 13.2. The minimum absolute atomic E-state index is 0.170. The third-order valence-electron chi connectivity index (χ3n) is 4.10. The molecule has 0 saturated carbocycles. The van der Waals surface area contributed by atoms with E-state index in [1.54, 1.807) is 17.5 Å². The van der Waals surface area contributed by atoms with Crippen molar-refractivity contribution >= 4 is 22.6 Å². The molecule has 2 aromatic carbocycles. The molecule has 0 amide bonds. The second-order valence-corrected chi connectivity index (χ2v) is 6.86. The van der Waals surface area contributed by atoms with E-state index in [4.69, 9.17) is 9.47 Å². The summed E-state index contributed by atoms with van der Waals surface area (Å²) in [4.78, 5) is 4.46. The first-order chi connectivity index (χ1) is 13.9. The van der Waals surface area contributed by atoms with Crippen LogP contribution >= 0.6 is 11.3 Å². The van der Waals surface area contributed by atoms with E-state index in [0.29, 0.717) is 22.2 Å². The molecule has 146 valence electrons. The molecular weight excluding hydrogens is 403 g/mol. The summed E-state index contributed by atoms with van der Waals surface area (Å²) in [6.07, 6.45) is -3.09. The van der Waals surface area contributed by atoms with Gasteiger partial charge in [-0.1, -0.05) is 6.07 Å². The minimum atomic E-state index is -4.44. The van der Waals surface area contributed by atoms with Crippen LogP contribution in [0.3, 0.4) is 0 Å². The number of hydrogen-bond acceptors (Lipinski definition) is 6. The fourth-order valence-electron chi connectivity index (χ4n) is 2.67. The number of hydrogen-bond donors (Lipinski definition) is 1. The van der Waals surface area contributed by atoms with E-state index in [1.165, 1.54) is 29.7 Å². The monoisotopic (exact) mass is 415 g/mol. The Morgan fingerprint density at radius 3 is 2.79 bits per heavy atom. The van der Waals surface area contributed by atoms with Gasteiger partial charge in [-0.25, -0.2) is 4.98 Å². The Balaban J connectivity index is 1.55. The summed E-state index contributed by atoms with van der Waals surface area (Å²) in [5.41, 5.74) is 1.12. The average Bonchev–Trinajstić information content (AvgIpc) is 3.37. The SMILES string of the molecule is N#C/C(=C/Nc1cccc(C(F)(F)F)c1)c1nc(-c2ccc3c(c2)OCO3)cs1. The van der Waals surface area contributed by atoms with Crippen molar-refractivity contribution in [2.45, 2.75) is 6.18 Å². The van der Waals surface area contributed by atoms with Gasteiger partial charge in [-0.2, -0.15) is 18.4 Å². The predicted molar refractivity (Wildman–Crippen MR) is 102 cm³/mol. The number of aromatic nitrogens is 1. The quantitative estimate of drug-likeness (QED) is 0.567. The second-order valence-electron chi connectivity index (χ2n) is 6.00. The van der Waals surface area contributed by atoms with Crippen molar-refractivity contribution in [1.29, 1.82) is 5.26 Å². The van der Waals surface area contributed by atoms with Crippen LogP contribution in [0.5, 0.6) is 11.5 Å². The highest BCUT2D eigenvalue weighted by Crippen LogP contribution is 2.36. The number of rotatable bonds is 4. The number of nitriles is 1. The van der Waals surface area contributed by atoms with Crippen molar-refractivity contribution in [2.75, 3.05) is 12.1 Å². The minimum Gasteiger partial charge on any atom is -0.454 e. The van der Waals surface area contributed by atoms with Crippen LogP contribution in [0.15, 0.2) is 54.0 Å². The number of alkyl halides is 3. The van der Waals surface area contributed by atoms with E-state index >= 15 is 0 Å². The summed E-state index contributed by atoms with van der Waals surface area (Å²) in [6.45, 7) is 0.170. The Bertz CT molecular complexity index is 1130. The number of thiazole rings is 1. The molecule has 2 heterocycles. The summed E-state index contributed by atoms with van der Waals surface area (Å²) in [6, 6.07) is 12.2. The zero-order chi connectivity index (χ0) is 20.4. The molecule has 0 aliphatic carbocycles. The number of nitrogens with zero attached hydrogens (tertiary/aromatic N) is 2. The number of benzene rings is 2. The van der Waals surface area contributed by atoms with Crippen LogP contribution in [0.25, 0.3) is 16.8 Å². The van der Waals surface area contributed by atoms with Crippen molar-refractivity contribution in [2.24, 2.45) is 0 Å². The lowest BCUT2D eigenvalue weighted by Gasteiger charge is -2.08. The van der Waals surface area contributed by atoms with E-state index in [9.17, 15) is 18.4 Å². The molecule has 0 bridgehead atoms. The Morgan fingerprint density at radius 1 is 1.17 bits per heavy atom. The molecule has 9 heteroatoms. The zero-order valence-corrected chi connectivity index (χ0v) is 15.5. The average molecular weight is 415 g/mol. The Hall–Kier alpha value is -3.51. The predicted octanol–water partition coefficient (Wildman–Crippen LogP) is 5.53. The fraction of sp³-hybridized carbons (Fsp3) is 0.100. The highest BCUT2D eigenvalue weighted by Gasteiger charge is 2.30. The molecule has 0 unspecified atom stereocenters. The molecule has 0 fully saturated rings. The molecule has 1 aliphatic heterocycles. The van der Waals surface area contributed by atoms with Crippen LogP contribution in [0.4, 0.5) is 18.9 Å². The summed E-state index contributed by atoms with van der Waals surface area (Å²) in [5.74, 6) is 1.28. The van der Waals surface area contributed by atoms with Gasteiger partial charge in [0.15, 0.2) is 11.5 Å². The maximum atomic E-state index is 12.8. The highest BCUT2D eigenvalue weighted by molar-refractivity contribution is 7.11. The standard InChI is InChI=1S/C20H12F3N3O2S/c21-20(22,23)14-2-1-3-15(7-14)25-9-13(8-24)19-26-16(10-29-19)12-4-5-17-18(6-12)28-11-27-17/h1-7,9-10,25H,11H2/b13-9-. The summed E-state index contributed by atoms with van der Waals surface area (Å²) >= 11 is 1.26. The number of anilines is 1. The van der Waals surface area contributed by atoms with Gasteiger partial charge in [0.05, 0.1) is 11.3 Å². The van der Waals surface area contributed by atoms with E-state index in [-0.39, 0.29) is 18.1 Å². The number of nitrogens with one attached hydrogen (secondary N) is 1. The van der Waals surface area contributed by atoms with E-state index in [1.807, 2.05) is 12.1 Å². The van der Waals surface area contributed by atoms with Crippen LogP contribution in [0.1, 0.15) is 10.6 Å². The van der Waals surface area contributed by atoms with Gasteiger partial charge in [0, 0.05) is 22.8 Å². The topological polar surface area (TPSA) is 67.2 Å². The van der Waals surface area contributed by atoms with Gasteiger partial charge in [-0.05, 0) is 36.4 Å². The summed E-state index contributed by atoms with van der Waals surface area (Å²) in [5, 5.41) is 14.4. The molecule has 5 nitrogen and oxygen atoms in total. The van der Waals surface area contributed by atoms with Crippen molar-refractivity contribution in [3.8, 4) is 28.8 Å². The maximum absolute atomic E-state index is 12.8. The Morgan fingerprint density at radius 2 is 2.00 bits per heavy atom. The van der Waals surface area contributed by atoms with E-state index in [2.05, 4.69) is 10.3 Å². The van der Waals surface area contributed by atoms with Crippen molar-refractivity contribution in [3.63, 3.8) is 0 Å². The van der Waals surface area contributed by atoms with Crippen LogP contribution in [-0.4, -0.2) is 11.8 Å². The van der Waals surface area contributed by atoms with Crippen molar-refractivity contribution in [3.05, 3.63) is 64.6 Å². The molecule has 4 rings (SSSR count). The number of fused-ring (bicyclic) bond motifs is 1. The third kappa shape index (κ3) is 4.02. The lowest BCUT2D eigenvalue weighted by molar-refractivity contribution is -0.137. The van der Waals surface area contributed by atoms with Gasteiger partial charge in [0.25, 0.3) is 0 Å². The molecule has 0 saturated heterocycles. The lowest BCUT2D eigenvalue weighted by atomic mass is 10.1. The first-order valence-electron chi connectivity index (χ1n) is 8.34. The fourth-order valence-corrected chi connectivity index (χ4v) is 3.46. The van der Waals surface area contributed by atoms with Crippen LogP contribution in [-0.2, 0) is 6.18 Å². The zero-order valence-electron chi connectivity index (χ0n) is 14.7. The molecular formula is C20H12F3N3O2S. The van der Waals surface area contributed by atoms with Gasteiger partial charge in [0.2, 0.25) is 6.79 Å². The molecule has 0 radical (unpaired) electrons. The van der Waals surface area contributed by atoms with Crippen molar-refractivity contribution in [1.82, 2.24) is 4.98 Å². The van der Waals surface area contributed by atoms with Gasteiger partial charge in [0.1, 0.15) is 16.6 Å². The summed E-state index contributed by atoms with van der Waals surface area (Å²) < 4.78 is 49.1. The maximum Gasteiger partial charge on any atom is 0.416 e. The number of allylic oxidation sites excluding steroid dienone is 1. The summed E-state index contributed by atoms with van der Waals surface area (Å²) in [7, 11) is 0. The van der Waals surface area contributed by atoms with E-state index in [0.717, 1.165) is 17.7 Å². The molecule has 1 N–H and O–H groups in total.